The summed E-state index contributed by atoms with van der Waals surface area (Å²) in [6.45, 7) is 7.05. The topological polar surface area (TPSA) is 106 Å². The van der Waals surface area contributed by atoms with E-state index in [2.05, 4.69) is 31.5 Å². The molecular formula is C24H28N6O3S. The minimum Gasteiger partial charge on any atom is -0.465 e. The van der Waals surface area contributed by atoms with Gasteiger partial charge in [-0.3, -0.25) is 14.5 Å². The van der Waals surface area contributed by atoms with Gasteiger partial charge in [0.25, 0.3) is 5.56 Å². The molecule has 1 N–H and O–H groups in total. The second-order valence-electron chi connectivity index (χ2n) is 8.07. The molecule has 0 fully saturated rings. The molecule has 1 unspecified atom stereocenters. The number of nitrogens with zero attached hydrogens (tertiary/aromatic N) is 5. The molecular weight excluding hydrogens is 452 g/mol. The molecule has 0 aliphatic heterocycles. The lowest BCUT2D eigenvalue weighted by molar-refractivity contribution is -0.144. The number of hydrogen-bond donors (Lipinski definition) is 1. The molecule has 34 heavy (non-hydrogen) atoms. The zero-order valence-electron chi connectivity index (χ0n) is 19.5. The number of aromatic nitrogens is 5. The quantitative estimate of drug-likeness (QED) is 0.346. The first kappa shape index (κ1) is 23.8. The number of para-hydroxylation sites is 1. The van der Waals surface area contributed by atoms with Gasteiger partial charge in [0, 0.05) is 23.5 Å². The highest BCUT2D eigenvalue weighted by atomic mass is 32.1. The Kier molecular flexibility index (Phi) is 7.49. The number of carbonyl (C=O) groups is 1. The van der Waals surface area contributed by atoms with Crippen LogP contribution in [0, 0.1) is 6.92 Å². The van der Waals surface area contributed by atoms with E-state index in [1.807, 2.05) is 49.6 Å². The average Bonchev–Trinajstić information content (AvgIpc) is 3.48. The van der Waals surface area contributed by atoms with Crippen LogP contribution in [-0.2, 0) is 29.2 Å². The highest BCUT2D eigenvalue weighted by molar-refractivity contribution is 7.09. The molecule has 0 bridgehead atoms. The number of nitrogens with one attached hydrogen (secondary N) is 1. The molecule has 0 radical (unpaired) electrons. The van der Waals surface area contributed by atoms with Crippen molar-refractivity contribution in [2.75, 3.05) is 6.61 Å². The van der Waals surface area contributed by atoms with E-state index in [0.717, 1.165) is 21.3 Å². The van der Waals surface area contributed by atoms with Gasteiger partial charge in [0.05, 0.1) is 18.2 Å². The molecule has 1 atom stereocenters. The second-order valence-corrected chi connectivity index (χ2v) is 9.10. The van der Waals surface area contributed by atoms with E-state index in [0.29, 0.717) is 37.5 Å². The van der Waals surface area contributed by atoms with Crippen molar-refractivity contribution in [1.29, 1.82) is 0 Å². The van der Waals surface area contributed by atoms with Crippen molar-refractivity contribution in [3.63, 3.8) is 0 Å². The summed E-state index contributed by atoms with van der Waals surface area (Å²) in [4.78, 5) is 31.5. The van der Waals surface area contributed by atoms with Gasteiger partial charge < -0.3 is 9.72 Å². The van der Waals surface area contributed by atoms with E-state index in [-0.39, 0.29) is 18.1 Å². The number of pyridine rings is 1. The number of esters is 1. The molecule has 0 spiro atoms. The Balaban J connectivity index is 1.70. The van der Waals surface area contributed by atoms with Crippen LogP contribution in [0.1, 0.15) is 48.1 Å². The Morgan fingerprint density at radius 3 is 2.82 bits per heavy atom. The number of thiophene rings is 1. The predicted octanol–water partition coefficient (Wildman–Crippen LogP) is 3.60. The maximum atomic E-state index is 13.0. The first-order valence-electron chi connectivity index (χ1n) is 11.3. The van der Waals surface area contributed by atoms with Crippen LogP contribution in [0.2, 0.25) is 0 Å². The number of fused-ring (bicyclic) bond motifs is 1. The van der Waals surface area contributed by atoms with Crippen molar-refractivity contribution in [3.05, 3.63) is 74.0 Å². The summed E-state index contributed by atoms with van der Waals surface area (Å²) in [7, 11) is 0. The van der Waals surface area contributed by atoms with Crippen LogP contribution >= 0.6 is 11.3 Å². The highest BCUT2D eigenvalue weighted by Crippen LogP contribution is 2.27. The van der Waals surface area contributed by atoms with Crippen molar-refractivity contribution >= 4 is 28.2 Å². The van der Waals surface area contributed by atoms with Crippen molar-refractivity contribution < 1.29 is 9.53 Å². The van der Waals surface area contributed by atoms with Crippen molar-refractivity contribution in [2.45, 2.75) is 52.9 Å². The maximum Gasteiger partial charge on any atom is 0.327 e. The molecule has 0 saturated carbocycles. The zero-order valence-corrected chi connectivity index (χ0v) is 20.3. The van der Waals surface area contributed by atoms with Crippen LogP contribution < -0.4 is 5.56 Å². The number of hydrogen-bond acceptors (Lipinski definition) is 8. The van der Waals surface area contributed by atoms with Crippen LogP contribution in [0.3, 0.4) is 0 Å². The molecule has 1 aromatic carbocycles. The molecule has 0 aliphatic carbocycles. The number of rotatable bonds is 10. The fourth-order valence-electron chi connectivity index (χ4n) is 4.14. The van der Waals surface area contributed by atoms with Gasteiger partial charge in [-0.2, -0.15) is 0 Å². The summed E-state index contributed by atoms with van der Waals surface area (Å²) >= 11 is 1.66. The molecule has 3 aromatic heterocycles. The van der Waals surface area contributed by atoms with Crippen LogP contribution in [0.25, 0.3) is 10.9 Å². The monoisotopic (exact) mass is 480 g/mol. The normalized spacial score (nSPS) is 12.4. The Morgan fingerprint density at radius 2 is 2.09 bits per heavy atom. The number of ether oxygens (including phenoxy) is 1. The van der Waals surface area contributed by atoms with Gasteiger partial charge in [-0.1, -0.05) is 31.2 Å². The van der Waals surface area contributed by atoms with Gasteiger partial charge in [-0.05, 0) is 59.2 Å². The third-order valence-corrected chi connectivity index (χ3v) is 6.61. The van der Waals surface area contributed by atoms with Crippen LogP contribution in [0.4, 0.5) is 0 Å². The Morgan fingerprint density at radius 1 is 1.24 bits per heavy atom. The van der Waals surface area contributed by atoms with Crippen molar-refractivity contribution in [3.8, 4) is 0 Å². The number of benzene rings is 1. The minimum atomic E-state index is -0.392. The third kappa shape index (κ3) is 5.23. The first-order chi connectivity index (χ1) is 16.5. The van der Waals surface area contributed by atoms with Crippen molar-refractivity contribution in [2.24, 2.45) is 0 Å². The molecule has 178 valence electrons. The maximum absolute atomic E-state index is 13.0. The molecule has 0 amide bonds. The van der Waals surface area contributed by atoms with E-state index in [1.54, 1.807) is 18.3 Å². The summed E-state index contributed by atoms with van der Waals surface area (Å²) in [5, 5.41) is 15.1. The number of aromatic amines is 1. The average molecular weight is 481 g/mol. The molecule has 4 rings (SSSR count). The van der Waals surface area contributed by atoms with Gasteiger partial charge in [0.2, 0.25) is 0 Å². The number of aryl methyl sites for hydroxylation is 1. The summed E-state index contributed by atoms with van der Waals surface area (Å²) in [6.07, 6.45) is 0.694. The molecule has 3 heterocycles. The SMILES string of the molecule is CCOC(=O)Cn1nnnc1C(CC)N(Cc1cccs1)Cc1cc2cccc(C)c2[nH]c1=O. The molecule has 4 aromatic rings. The molecule has 0 aliphatic rings. The largest absolute Gasteiger partial charge is 0.465 e. The van der Waals surface area contributed by atoms with E-state index >= 15 is 0 Å². The summed E-state index contributed by atoms with van der Waals surface area (Å²) in [5.74, 6) is 0.178. The number of carbonyl (C=O) groups excluding carboxylic acids is 1. The first-order valence-corrected chi connectivity index (χ1v) is 12.2. The molecule has 0 saturated heterocycles. The van der Waals surface area contributed by atoms with Gasteiger partial charge in [-0.25, -0.2) is 4.68 Å². The zero-order chi connectivity index (χ0) is 24.1. The standard InChI is InChI=1S/C24H28N6O3S/c1-4-20(23-26-27-28-30(23)15-21(31)33-5-2)29(14-19-10-7-11-34-19)13-18-12-17-9-6-8-16(3)22(17)25-24(18)32/h6-12,20H,4-5,13-15H2,1-3H3,(H,25,32). The van der Waals surface area contributed by atoms with Crippen LogP contribution in [-0.4, -0.2) is 42.7 Å². The Bertz CT molecular complexity index is 1310. The van der Waals surface area contributed by atoms with Gasteiger partial charge in [-0.15, -0.1) is 16.4 Å². The van der Waals surface area contributed by atoms with Gasteiger partial charge >= 0.3 is 5.97 Å². The summed E-state index contributed by atoms with van der Waals surface area (Å²) in [5.41, 5.74) is 2.43. The minimum absolute atomic E-state index is 0.0602. The Labute approximate surface area is 201 Å². The molecule has 10 heteroatoms. The van der Waals surface area contributed by atoms with Crippen LogP contribution in [0.15, 0.2) is 46.6 Å². The van der Waals surface area contributed by atoms with Crippen molar-refractivity contribution in [1.82, 2.24) is 30.1 Å². The lowest BCUT2D eigenvalue weighted by Crippen LogP contribution is -2.32. The highest BCUT2D eigenvalue weighted by Gasteiger charge is 2.27. The second kappa shape index (κ2) is 10.7. The fraction of sp³-hybridized carbons (Fsp3) is 0.375. The predicted molar refractivity (Wildman–Crippen MR) is 130 cm³/mol. The van der Waals surface area contributed by atoms with E-state index in [9.17, 15) is 9.59 Å². The molecule has 9 nitrogen and oxygen atoms in total. The smallest absolute Gasteiger partial charge is 0.327 e. The van der Waals surface area contributed by atoms with E-state index in [4.69, 9.17) is 4.74 Å². The van der Waals surface area contributed by atoms with Gasteiger partial charge in [0.1, 0.15) is 6.54 Å². The summed E-state index contributed by atoms with van der Waals surface area (Å²) in [6, 6.07) is 11.8. The van der Waals surface area contributed by atoms with E-state index < -0.39 is 5.97 Å². The number of H-pyrrole nitrogens is 1. The van der Waals surface area contributed by atoms with Gasteiger partial charge in [0.15, 0.2) is 5.82 Å². The lowest BCUT2D eigenvalue weighted by Gasteiger charge is -2.29. The number of tetrazole rings is 1. The lowest BCUT2D eigenvalue weighted by atomic mass is 10.1. The van der Waals surface area contributed by atoms with Crippen LogP contribution in [0.5, 0.6) is 0 Å². The Hall–Kier alpha value is -3.37. The third-order valence-electron chi connectivity index (χ3n) is 5.75. The fourth-order valence-corrected chi connectivity index (χ4v) is 4.87. The summed E-state index contributed by atoms with van der Waals surface area (Å²) < 4.78 is 6.57. The van der Waals surface area contributed by atoms with E-state index in [1.165, 1.54) is 4.68 Å².